The number of thioether (sulfide) groups is 1. The molecule has 0 spiro atoms. The Balaban J connectivity index is 1.76. The summed E-state index contributed by atoms with van der Waals surface area (Å²) in [5.41, 5.74) is 1.49. The minimum absolute atomic E-state index is 0.0552. The lowest BCUT2D eigenvalue weighted by Gasteiger charge is -2.32. The molecule has 1 aliphatic heterocycles. The number of carbonyl (C=O) groups is 1. The Kier molecular flexibility index (Phi) is 7.67. The Labute approximate surface area is 202 Å². The molecular weight excluding hydrogens is 475 g/mol. The van der Waals surface area contributed by atoms with Gasteiger partial charge in [0.15, 0.2) is 0 Å². The van der Waals surface area contributed by atoms with Crippen molar-refractivity contribution in [3.05, 3.63) is 90.2 Å². The minimum atomic E-state index is -4.29. The predicted octanol–water partition coefficient (Wildman–Crippen LogP) is 3.80. The fourth-order valence-electron chi connectivity index (χ4n) is 3.97. The monoisotopic (exact) mass is 500 g/mol. The number of hydrogen-bond donors (Lipinski definition) is 2. The molecule has 0 unspecified atom stereocenters. The van der Waals surface area contributed by atoms with Crippen LogP contribution >= 0.6 is 11.8 Å². The van der Waals surface area contributed by atoms with Crippen LogP contribution in [-0.4, -0.2) is 48.0 Å². The molecule has 4 rings (SSSR count). The van der Waals surface area contributed by atoms with Gasteiger partial charge in [0.1, 0.15) is 11.2 Å². The van der Waals surface area contributed by atoms with E-state index in [0.29, 0.717) is 29.0 Å². The average molecular weight is 501 g/mol. The predicted molar refractivity (Wildman–Crippen MR) is 131 cm³/mol. The van der Waals surface area contributed by atoms with Crippen LogP contribution in [0.15, 0.2) is 83.8 Å². The van der Waals surface area contributed by atoms with Crippen molar-refractivity contribution in [1.29, 1.82) is 0 Å². The van der Waals surface area contributed by atoms with Crippen LogP contribution < -0.4 is 5.32 Å². The summed E-state index contributed by atoms with van der Waals surface area (Å²) in [5, 5.41) is 12.1. The SMILES string of the molecule is O=C([C@H]1NCCS1)N([C@@H](CCO)c1ccccc1)S(=O)(=O)c1ccc(-c2ccccc2F)cc1. The van der Waals surface area contributed by atoms with Gasteiger partial charge in [0.2, 0.25) is 0 Å². The lowest BCUT2D eigenvalue weighted by Crippen LogP contribution is -2.47. The standard InChI is InChI=1S/C25H25FN2O4S2/c26-22-9-5-4-8-21(22)18-10-12-20(13-11-18)34(31,32)28(25(30)24-27-15-17-33-24)23(14-16-29)19-6-2-1-3-7-19/h1-13,23-24,27,29H,14-17H2/t23-,24-/m0/s1. The zero-order valence-electron chi connectivity index (χ0n) is 18.3. The maximum Gasteiger partial charge on any atom is 0.267 e. The van der Waals surface area contributed by atoms with E-state index in [4.69, 9.17) is 0 Å². The van der Waals surface area contributed by atoms with E-state index < -0.39 is 33.2 Å². The number of hydrogen-bond acceptors (Lipinski definition) is 6. The first-order chi connectivity index (χ1) is 16.4. The molecule has 0 aliphatic carbocycles. The highest BCUT2D eigenvalue weighted by molar-refractivity contribution is 8.01. The van der Waals surface area contributed by atoms with Crippen LogP contribution in [0.1, 0.15) is 18.0 Å². The zero-order valence-corrected chi connectivity index (χ0v) is 19.9. The van der Waals surface area contributed by atoms with Crippen LogP contribution in [0, 0.1) is 5.82 Å². The van der Waals surface area contributed by atoms with Crippen molar-refractivity contribution in [2.75, 3.05) is 18.9 Å². The molecule has 0 radical (unpaired) electrons. The van der Waals surface area contributed by atoms with Crippen molar-refractivity contribution >= 4 is 27.7 Å². The first-order valence-electron chi connectivity index (χ1n) is 10.9. The highest BCUT2D eigenvalue weighted by Crippen LogP contribution is 2.34. The molecule has 1 fully saturated rings. The highest BCUT2D eigenvalue weighted by Gasteiger charge is 2.40. The number of aliphatic hydroxyl groups excluding tert-OH is 1. The van der Waals surface area contributed by atoms with E-state index in [2.05, 4.69) is 5.32 Å². The average Bonchev–Trinajstić information content (AvgIpc) is 3.40. The third-order valence-corrected chi connectivity index (χ3v) is 8.59. The molecule has 2 N–H and O–H groups in total. The van der Waals surface area contributed by atoms with Crippen LogP contribution in [0.3, 0.4) is 0 Å². The first-order valence-corrected chi connectivity index (χ1v) is 13.4. The van der Waals surface area contributed by atoms with E-state index in [-0.39, 0.29) is 17.9 Å². The van der Waals surface area contributed by atoms with Gasteiger partial charge in [-0.25, -0.2) is 17.1 Å². The molecule has 1 amide bonds. The highest BCUT2D eigenvalue weighted by atomic mass is 32.2. The summed E-state index contributed by atoms with van der Waals surface area (Å²) in [7, 11) is -4.29. The number of rotatable bonds is 8. The molecule has 9 heteroatoms. The van der Waals surface area contributed by atoms with E-state index in [1.54, 1.807) is 48.5 Å². The van der Waals surface area contributed by atoms with E-state index in [1.807, 2.05) is 0 Å². The van der Waals surface area contributed by atoms with Gasteiger partial charge in [-0.15, -0.1) is 11.8 Å². The van der Waals surface area contributed by atoms with E-state index in [1.165, 1.54) is 42.1 Å². The molecule has 0 bridgehead atoms. The van der Waals surface area contributed by atoms with Gasteiger partial charge in [-0.3, -0.25) is 10.1 Å². The Morgan fingerprint density at radius 2 is 1.74 bits per heavy atom. The molecule has 6 nitrogen and oxygen atoms in total. The molecule has 2 atom stereocenters. The molecule has 34 heavy (non-hydrogen) atoms. The summed E-state index contributed by atoms with van der Waals surface area (Å²) in [4.78, 5) is 13.4. The molecule has 1 heterocycles. The van der Waals surface area contributed by atoms with E-state index >= 15 is 0 Å². The lowest BCUT2D eigenvalue weighted by molar-refractivity contribution is -0.128. The second kappa shape index (κ2) is 10.7. The van der Waals surface area contributed by atoms with Gasteiger partial charge < -0.3 is 5.11 Å². The van der Waals surface area contributed by atoms with E-state index in [0.717, 1.165) is 4.31 Å². The normalized spacial score (nSPS) is 16.8. The Morgan fingerprint density at radius 3 is 2.35 bits per heavy atom. The second-order valence-corrected chi connectivity index (χ2v) is 10.8. The summed E-state index contributed by atoms with van der Waals surface area (Å²) >= 11 is 1.35. The quantitative estimate of drug-likeness (QED) is 0.489. The van der Waals surface area contributed by atoms with Gasteiger partial charge in [-0.1, -0.05) is 60.7 Å². The number of amides is 1. The third-order valence-electron chi connectivity index (χ3n) is 5.62. The molecule has 1 saturated heterocycles. The number of aliphatic hydroxyl groups is 1. The van der Waals surface area contributed by atoms with Crippen molar-refractivity contribution in [3.63, 3.8) is 0 Å². The van der Waals surface area contributed by atoms with Crippen LogP contribution in [0.2, 0.25) is 0 Å². The van der Waals surface area contributed by atoms with Crippen LogP contribution in [0.25, 0.3) is 11.1 Å². The second-order valence-electron chi connectivity index (χ2n) is 7.79. The first kappa shape index (κ1) is 24.4. The topological polar surface area (TPSA) is 86.7 Å². The summed E-state index contributed by atoms with van der Waals surface area (Å²) < 4.78 is 42.8. The third kappa shape index (κ3) is 5.02. The van der Waals surface area contributed by atoms with Crippen molar-refractivity contribution in [1.82, 2.24) is 9.62 Å². The van der Waals surface area contributed by atoms with Gasteiger partial charge in [0.05, 0.1) is 10.9 Å². The fraction of sp³-hybridized carbons (Fsp3) is 0.240. The smallest absolute Gasteiger partial charge is 0.267 e. The number of halogens is 1. The van der Waals surface area contributed by atoms with Gasteiger partial charge in [-0.05, 0) is 35.7 Å². The zero-order chi connectivity index (χ0) is 24.1. The number of nitrogens with one attached hydrogen (secondary N) is 1. The molecular formula is C25H25FN2O4S2. The van der Waals surface area contributed by atoms with Gasteiger partial charge in [0, 0.05) is 24.5 Å². The van der Waals surface area contributed by atoms with Crippen LogP contribution in [0.4, 0.5) is 4.39 Å². The number of nitrogens with zero attached hydrogens (tertiary/aromatic N) is 1. The van der Waals surface area contributed by atoms with Crippen molar-refractivity contribution in [2.45, 2.75) is 22.7 Å². The number of benzene rings is 3. The van der Waals surface area contributed by atoms with Gasteiger partial charge in [-0.2, -0.15) is 0 Å². The summed E-state index contributed by atoms with van der Waals surface area (Å²) in [6, 6.07) is 20.0. The largest absolute Gasteiger partial charge is 0.396 e. The minimum Gasteiger partial charge on any atom is -0.396 e. The Hall–Kier alpha value is -2.72. The molecule has 178 valence electrons. The molecule has 0 saturated carbocycles. The number of carbonyl (C=O) groups excluding carboxylic acids is 1. The molecule has 0 aromatic heterocycles. The van der Waals surface area contributed by atoms with Gasteiger partial charge >= 0.3 is 0 Å². The Bertz CT molecular complexity index is 1230. The maximum atomic E-state index is 14.2. The Morgan fingerprint density at radius 1 is 1.06 bits per heavy atom. The van der Waals surface area contributed by atoms with Crippen molar-refractivity contribution in [2.24, 2.45) is 0 Å². The molecule has 1 aliphatic rings. The van der Waals surface area contributed by atoms with Crippen LogP contribution in [-0.2, 0) is 14.8 Å². The van der Waals surface area contributed by atoms with Gasteiger partial charge in [0.25, 0.3) is 15.9 Å². The number of sulfonamides is 1. The molecule has 3 aromatic rings. The van der Waals surface area contributed by atoms with Crippen LogP contribution in [0.5, 0.6) is 0 Å². The lowest BCUT2D eigenvalue weighted by atomic mass is 10.0. The summed E-state index contributed by atoms with van der Waals surface area (Å²) in [6.45, 7) is 0.304. The maximum absolute atomic E-state index is 14.2. The summed E-state index contributed by atoms with van der Waals surface area (Å²) in [5.74, 6) is -0.299. The van der Waals surface area contributed by atoms with Crippen molar-refractivity contribution < 1.29 is 22.7 Å². The fourth-order valence-corrected chi connectivity index (χ4v) is 6.61. The molecule has 3 aromatic carbocycles. The summed E-state index contributed by atoms with van der Waals surface area (Å²) in [6.07, 6.45) is 0.0552. The van der Waals surface area contributed by atoms with E-state index in [9.17, 15) is 22.7 Å². The van der Waals surface area contributed by atoms with Crippen molar-refractivity contribution in [3.8, 4) is 11.1 Å².